The Labute approximate surface area is 161 Å². The van der Waals surface area contributed by atoms with Crippen molar-refractivity contribution in [1.29, 1.82) is 0 Å². The molecule has 9 heteroatoms. The van der Waals surface area contributed by atoms with Crippen LogP contribution in [-0.2, 0) is 4.79 Å². The fraction of sp³-hybridized carbons (Fsp3) is 0.579. The van der Waals surface area contributed by atoms with Gasteiger partial charge in [-0.05, 0) is 37.3 Å². The molecule has 154 valence electrons. The SMILES string of the molecule is CC(C)CN(C(=O)NC1CCN(c2cccc(OC(F)(F)F)c2)C1=O)C1CC1. The number of rotatable bonds is 6. The molecule has 1 atom stereocenters. The van der Waals surface area contributed by atoms with Crippen molar-refractivity contribution >= 4 is 17.6 Å². The number of hydrogen-bond acceptors (Lipinski definition) is 3. The largest absolute Gasteiger partial charge is 0.573 e. The van der Waals surface area contributed by atoms with Gasteiger partial charge in [-0.25, -0.2) is 4.79 Å². The van der Waals surface area contributed by atoms with Crippen LogP contribution in [0.2, 0.25) is 0 Å². The van der Waals surface area contributed by atoms with Gasteiger partial charge in [0.25, 0.3) is 0 Å². The van der Waals surface area contributed by atoms with Crippen molar-refractivity contribution in [2.45, 2.75) is 51.6 Å². The third kappa shape index (κ3) is 5.08. The molecule has 1 N–H and O–H groups in total. The average Bonchev–Trinajstić information content (AvgIpc) is 3.36. The number of hydrogen-bond donors (Lipinski definition) is 1. The summed E-state index contributed by atoms with van der Waals surface area (Å²) in [7, 11) is 0. The van der Waals surface area contributed by atoms with E-state index in [1.54, 1.807) is 11.0 Å². The smallest absolute Gasteiger partial charge is 0.406 e. The molecule has 6 nitrogen and oxygen atoms in total. The van der Waals surface area contributed by atoms with Gasteiger partial charge in [0.05, 0.1) is 0 Å². The molecule has 1 heterocycles. The van der Waals surface area contributed by atoms with E-state index in [9.17, 15) is 22.8 Å². The van der Waals surface area contributed by atoms with Gasteiger partial charge in [0.1, 0.15) is 11.8 Å². The molecule has 1 aliphatic heterocycles. The van der Waals surface area contributed by atoms with E-state index < -0.39 is 12.4 Å². The lowest BCUT2D eigenvalue weighted by Gasteiger charge is -2.26. The molecule has 2 aliphatic rings. The Hall–Kier alpha value is -2.45. The van der Waals surface area contributed by atoms with Gasteiger partial charge >= 0.3 is 12.4 Å². The lowest BCUT2D eigenvalue weighted by atomic mass is 10.2. The molecule has 1 unspecified atom stereocenters. The van der Waals surface area contributed by atoms with Gasteiger partial charge in [-0.3, -0.25) is 4.79 Å². The molecule has 2 fully saturated rings. The summed E-state index contributed by atoms with van der Waals surface area (Å²) in [6.07, 6.45) is -2.46. The van der Waals surface area contributed by atoms with Crippen molar-refractivity contribution in [2.75, 3.05) is 18.0 Å². The van der Waals surface area contributed by atoms with E-state index in [2.05, 4.69) is 10.1 Å². The highest BCUT2D eigenvalue weighted by molar-refractivity contribution is 6.01. The minimum absolute atomic E-state index is 0.228. The van der Waals surface area contributed by atoms with Crippen LogP contribution >= 0.6 is 0 Å². The first-order valence-electron chi connectivity index (χ1n) is 9.38. The Morgan fingerprint density at radius 3 is 2.64 bits per heavy atom. The number of carbonyl (C=O) groups is 2. The van der Waals surface area contributed by atoms with E-state index in [-0.39, 0.29) is 23.7 Å². The van der Waals surface area contributed by atoms with Gasteiger partial charge < -0.3 is 19.9 Å². The van der Waals surface area contributed by atoms with E-state index in [0.717, 1.165) is 12.8 Å². The Kier molecular flexibility index (Phi) is 5.71. The van der Waals surface area contributed by atoms with Crippen molar-refractivity contribution in [3.63, 3.8) is 0 Å². The maximum atomic E-state index is 12.7. The summed E-state index contributed by atoms with van der Waals surface area (Å²) in [5.74, 6) is -0.404. The van der Waals surface area contributed by atoms with Crippen LogP contribution in [0.5, 0.6) is 5.75 Å². The van der Waals surface area contributed by atoms with Gasteiger partial charge in [-0.15, -0.1) is 13.2 Å². The molecule has 0 spiro atoms. The number of nitrogens with zero attached hydrogens (tertiary/aromatic N) is 2. The summed E-state index contributed by atoms with van der Waals surface area (Å²) in [6, 6.07) is 4.57. The summed E-state index contributed by atoms with van der Waals surface area (Å²) in [4.78, 5) is 28.5. The van der Waals surface area contributed by atoms with Crippen LogP contribution in [-0.4, -0.2) is 48.4 Å². The summed E-state index contributed by atoms with van der Waals surface area (Å²) in [5, 5.41) is 2.79. The lowest BCUT2D eigenvalue weighted by Crippen LogP contribution is -2.49. The van der Waals surface area contributed by atoms with Gasteiger partial charge in [0.2, 0.25) is 5.91 Å². The number of carbonyl (C=O) groups excluding carboxylic acids is 2. The van der Waals surface area contributed by atoms with Crippen molar-refractivity contribution in [2.24, 2.45) is 5.92 Å². The van der Waals surface area contributed by atoms with Gasteiger partial charge in [-0.1, -0.05) is 19.9 Å². The van der Waals surface area contributed by atoms with E-state index in [4.69, 9.17) is 0 Å². The van der Waals surface area contributed by atoms with Crippen molar-refractivity contribution in [3.05, 3.63) is 24.3 Å². The standard InChI is InChI=1S/C19H24F3N3O3/c1-12(2)11-25(13-6-7-13)18(27)23-16-8-9-24(17(16)26)14-4-3-5-15(10-14)28-19(20,21)22/h3-5,10,12-13,16H,6-9,11H2,1-2H3,(H,23,27). The second kappa shape index (κ2) is 7.89. The van der Waals surface area contributed by atoms with E-state index in [1.165, 1.54) is 23.1 Å². The molecular weight excluding hydrogens is 375 g/mol. The van der Waals surface area contributed by atoms with Crippen LogP contribution < -0.4 is 15.0 Å². The van der Waals surface area contributed by atoms with Crippen LogP contribution in [0, 0.1) is 5.92 Å². The number of urea groups is 1. The third-order valence-corrected chi connectivity index (χ3v) is 4.68. The predicted molar refractivity (Wildman–Crippen MR) is 97.0 cm³/mol. The fourth-order valence-corrected chi connectivity index (χ4v) is 3.33. The summed E-state index contributed by atoms with van der Waals surface area (Å²) in [6.45, 7) is 4.99. The molecule has 1 saturated heterocycles. The Bertz CT molecular complexity index is 735. The number of anilines is 1. The zero-order chi connectivity index (χ0) is 20.5. The molecule has 1 aliphatic carbocycles. The number of benzene rings is 1. The molecule has 1 aromatic rings. The number of halogens is 3. The van der Waals surface area contributed by atoms with Crippen molar-refractivity contribution < 1.29 is 27.5 Å². The van der Waals surface area contributed by atoms with Crippen LogP contribution in [0.1, 0.15) is 33.1 Å². The Balaban J connectivity index is 1.64. The Morgan fingerprint density at radius 2 is 2.04 bits per heavy atom. The van der Waals surface area contributed by atoms with Crippen LogP contribution in [0.25, 0.3) is 0 Å². The molecule has 0 aromatic heterocycles. The van der Waals surface area contributed by atoms with Crippen molar-refractivity contribution in [1.82, 2.24) is 10.2 Å². The maximum Gasteiger partial charge on any atom is 0.573 e. The minimum Gasteiger partial charge on any atom is -0.406 e. The second-order valence-corrected chi connectivity index (χ2v) is 7.60. The first kappa shape index (κ1) is 20.3. The van der Waals surface area contributed by atoms with Gasteiger partial charge in [0.15, 0.2) is 0 Å². The zero-order valence-electron chi connectivity index (χ0n) is 15.8. The predicted octanol–water partition coefficient (Wildman–Crippen LogP) is 3.52. The summed E-state index contributed by atoms with van der Waals surface area (Å²) < 4.78 is 41.2. The molecule has 1 saturated carbocycles. The molecule has 3 amide bonds. The Morgan fingerprint density at radius 1 is 1.32 bits per heavy atom. The highest BCUT2D eigenvalue weighted by atomic mass is 19.4. The molecular formula is C19H24F3N3O3. The summed E-state index contributed by atoms with van der Waals surface area (Å²) in [5.41, 5.74) is 0.310. The van der Waals surface area contributed by atoms with E-state index >= 15 is 0 Å². The molecule has 3 rings (SSSR count). The summed E-state index contributed by atoms with van der Waals surface area (Å²) >= 11 is 0. The third-order valence-electron chi connectivity index (χ3n) is 4.68. The highest BCUT2D eigenvalue weighted by Gasteiger charge is 2.38. The van der Waals surface area contributed by atoms with Crippen LogP contribution in [0.4, 0.5) is 23.7 Å². The normalized spacial score (nSPS) is 19.9. The monoisotopic (exact) mass is 399 g/mol. The van der Waals surface area contributed by atoms with Crippen LogP contribution in [0.3, 0.4) is 0 Å². The second-order valence-electron chi connectivity index (χ2n) is 7.60. The topological polar surface area (TPSA) is 61.9 Å². The van der Waals surface area contributed by atoms with E-state index in [1.807, 2.05) is 13.8 Å². The molecule has 0 bridgehead atoms. The van der Waals surface area contributed by atoms with Gasteiger partial charge in [-0.2, -0.15) is 0 Å². The molecule has 0 radical (unpaired) electrons. The molecule has 28 heavy (non-hydrogen) atoms. The van der Waals surface area contributed by atoms with Gasteiger partial charge in [0, 0.05) is 30.9 Å². The maximum absolute atomic E-state index is 12.7. The highest BCUT2D eigenvalue weighted by Crippen LogP contribution is 2.30. The lowest BCUT2D eigenvalue weighted by molar-refractivity contribution is -0.274. The van der Waals surface area contributed by atoms with E-state index in [0.29, 0.717) is 31.1 Å². The number of ether oxygens (including phenoxy) is 1. The van der Waals surface area contributed by atoms with Crippen molar-refractivity contribution in [3.8, 4) is 5.75 Å². The number of nitrogens with one attached hydrogen (secondary N) is 1. The quantitative estimate of drug-likeness (QED) is 0.796. The average molecular weight is 399 g/mol. The van der Waals surface area contributed by atoms with Crippen LogP contribution in [0.15, 0.2) is 24.3 Å². The molecule has 1 aromatic carbocycles. The minimum atomic E-state index is -4.80. The number of alkyl halides is 3. The number of amides is 3. The zero-order valence-corrected chi connectivity index (χ0v) is 15.8. The fourth-order valence-electron chi connectivity index (χ4n) is 3.33. The first-order valence-corrected chi connectivity index (χ1v) is 9.38. The first-order chi connectivity index (χ1) is 13.1.